The highest BCUT2D eigenvalue weighted by molar-refractivity contribution is 9.10. The standard InChI is InChI=1S/C9H6BrNO2/c10-7-1-3-8(4-2-7)13-9-11-5-6-12-9/h1-6H. The van der Waals surface area contributed by atoms with Crippen molar-refractivity contribution in [3.63, 3.8) is 0 Å². The minimum atomic E-state index is 0.252. The zero-order valence-corrected chi connectivity index (χ0v) is 8.19. The van der Waals surface area contributed by atoms with Gasteiger partial charge >= 0.3 is 6.08 Å². The molecule has 1 heterocycles. The number of benzene rings is 1. The normalized spacial score (nSPS) is 9.92. The summed E-state index contributed by atoms with van der Waals surface area (Å²) in [6, 6.07) is 7.43. The van der Waals surface area contributed by atoms with Gasteiger partial charge in [-0.3, -0.25) is 0 Å². The van der Waals surface area contributed by atoms with E-state index >= 15 is 0 Å². The lowest BCUT2D eigenvalue weighted by atomic mass is 10.3. The molecule has 0 unspecified atom stereocenters. The monoisotopic (exact) mass is 239 g/mol. The number of aromatic nitrogens is 1. The maximum absolute atomic E-state index is 5.27. The van der Waals surface area contributed by atoms with E-state index in [1.54, 1.807) is 0 Å². The van der Waals surface area contributed by atoms with Gasteiger partial charge in [-0.25, -0.2) is 0 Å². The van der Waals surface area contributed by atoms with Crippen LogP contribution in [0.1, 0.15) is 0 Å². The van der Waals surface area contributed by atoms with E-state index in [1.165, 1.54) is 12.5 Å². The molecule has 4 heteroatoms. The second-order valence-electron chi connectivity index (χ2n) is 2.35. The van der Waals surface area contributed by atoms with Gasteiger partial charge in [-0.2, -0.15) is 4.98 Å². The summed E-state index contributed by atoms with van der Waals surface area (Å²) in [5.74, 6) is 0.700. The fourth-order valence-electron chi connectivity index (χ4n) is 0.864. The lowest BCUT2D eigenvalue weighted by molar-refractivity contribution is 0.330. The molecule has 0 aliphatic heterocycles. The molecular formula is C9H6BrNO2. The predicted octanol–water partition coefficient (Wildman–Crippen LogP) is 3.23. The molecule has 3 nitrogen and oxygen atoms in total. The first-order valence-electron chi connectivity index (χ1n) is 3.67. The van der Waals surface area contributed by atoms with Crippen LogP contribution >= 0.6 is 15.9 Å². The van der Waals surface area contributed by atoms with Crippen LogP contribution in [-0.2, 0) is 0 Å². The topological polar surface area (TPSA) is 35.3 Å². The predicted molar refractivity (Wildman–Crippen MR) is 50.7 cm³/mol. The zero-order chi connectivity index (χ0) is 9.10. The van der Waals surface area contributed by atoms with Gasteiger partial charge in [-0.1, -0.05) is 15.9 Å². The van der Waals surface area contributed by atoms with E-state index in [4.69, 9.17) is 9.15 Å². The van der Waals surface area contributed by atoms with Gasteiger partial charge in [-0.05, 0) is 24.3 Å². The number of rotatable bonds is 2. The van der Waals surface area contributed by atoms with Crippen LogP contribution in [0.25, 0.3) is 0 Å². The van der Waals surface area contributed by atoms with Crippen molar-refractivity contribution in [1.82, 2.24) is 4.98 Å². The van der Waals surface area contributed by atoms with Crippen molar-refractivity contribution in [3.8, 4) is 11.8 Å². The number of hydrogen-bond acceptors (Lipinski definition) is 3. The summed E-state index contributed by atoms with van der Waals surface area (Å²) in [6.45, 7) is 0. The molecule has 0 saturated carbocycles. The molecule has 0 saturated heterocycles. The number of halogens is 1. The Kier molecular flexibility index (Phi) is 2.31. The van der Waals surface area contributed by atoms with Crippen molar-refractivity contribution in [1.29, 1.82) is 0 Å². The van der Waals surface area contributed by atoms with E-state index in [-0.39, 0.29) is 6.08 Å². The molecule has 0 fully saturated rings. The van der Waals surface area contributed by atoms with Crippen molar-refractivity contribution >= 4 is 15.9 Å². The molecule has 66 valence electrons. The van der Waals surface area contributed by atoms with Gasteiger partial charge in [0.25, 0.3) is 0 Å². The Morgan fingerprint density at radius 3 is 2.62 bits per heavy atom. The van der Waals surface area contributed by atoms with Gasteiger partial charge in [0.1, 0.15) is 12.0 Å². The van der Waals surface area contributed by atoms with Crippen molar-refractivity contribution in [3.05, 3.63) is 41.2 Å². The van der Waals surface area contributed by atoms with E-state index in [1.807, 2.05) is 24.3 Å². The van der Waals surface area contributed by atoms with Crippen LogP contribution < -0.4 is 4.74 Å². The summed E-state index contributed by atoms with van der Waals surface area (Å²) in [5.41, 5.74) is 0. The van der Waals surface area contributed by atoms with Crippen molar-refractivity contribution in [2.45, 2.75) is 0 Å². The highest BCUT2D eigenvalue weighted by atomic mass is 79.9. The average molecular weight is 240 g/mol. The molecule has 1 aromatic carbocycles. The molecule has 0 aliphatic rings. The Morgan fingerprint density at radius 2 is 2.00 bits per heavy atom. The van der Waals surface area contributed by atoms with Crippen LogP contribution in [-0.4, -0.2) is 4.98 Å². The largest absolute Gasteiger partial charge is 0.417 e. The highest BCUT2D eigenvalue weighted by Crippen LogP contribution is 2.21. The minimum Gasteiger partial charge on any atom is -0.417 e. The SMILES string of the molecule is Brc1ccc(Oc2ncco2)cc1. The quantitative estimate of drug-likeness (QED) is 0.808. The summed E-state index contributed by atoms with van der Waals surface area (Å²) < 4.78 is 11.2. The third-order valence-electron chi connectivity index (χ3n) is 1.43. The van der Waals surface area contributed by atoms with Crippen LogP contribution in [0.2, 0.25) is 0 Å². The van der Waals surface area contributed by atoms with Gasteiger partial charge in [0, 0.05) is 4.47 Å². The molecule has 13 heavy (non-hydrogen) atoms. The fraction of sp³-hybridized carbons (Fsp3) is 0. The van der Waals surface area contributed by atoms with E-state index in [0.29, 0.717) is 5.75 Å². The first kappa shape index (κ1) is 8.31. The molecule has 0 radical (unpaired) electrons. The zero-order valence-electron chi connectivity index (χ0n) is 6.61. The second-order valence-corrected chi connectivity index (χ2v) is 3.27. The highest BCUT2D eigenvalue weighted by Gasteiger charge is 1.99. The van der Waals surface area contributed by atoms with Crippen LogP contribution in [0.3, 0.4) is 0 Å². The van der Waals surface area contributed by atoms with Crippen LogP contribution in [0.4, 0.5) is 0 Å². The Hall–Kier alpha value is -1.29. The van der Waals surface area contributed by atoms with Crippen LogP contribution in [0.5, 0.6) is 11.8 Å². The molecule has 0 amide bonds. The van der Waals surface area contributed by atoms with E-state index < -0.39 is 0 Å². The second kappa shape index (κ2) is 3.62. The first-order chi connectivity index (χ1) is 6.34. The van der Waals surface area contributed by atoms with E-state index in [9.17, 15) is 0 Å². The third kappa shape index (κ3) is 2.09. The Labute approximate surface area is 83.5 Å². The van der Waals surface area contributed by atoms with Crippen molar-refractivity contribution in [2.24, 2.45) is 0 Å². The molecule has 2 aromatic rings. The summed E-state index contributed by atoms with van der Waals surface area (Å²) in [5, 5.41) is 0. The molecule has 0 aliphatic carbocycles. The number of oxazole rings is 1. The van der Waals surface area contributed by atoms with Crippen molar-refractivity contribution < 1.29 is 9.15 Å². The van der Waals surface area contributed by atoms with Gasteiger partial charge in [0.05, 0.1) is 6.20 Å². The smallest absolute Gasteiger partial charge is 0.399 e. The molecule has 1 aromatic heterocycles. The van der Waals surface area contributed by atoms with E-state index in [0.717, 1.165) is 4.47 Å². The maximum atomic E-state index is 5.27. The first-order valence-corrected chi connectivity index (χ1v) is 4.47. The molecule has 0 N–H and O–H groups in total. The minimum absolute atomic E-state index is 0.252. The van der Waals surface area contributed by atoms with Crippen molar-refractivity contribution in [2.75, 3.05) is 0 Å². The lowest BCUT2D eigenvalue weighted by Gasteiger charge is -1.99. The Balaban J connectivity index is 2.15. The summed E-state index contributed by atoms with van der Waals surface area (Å²) >= 11 is 3.33. The number of hydrogen-bond donors (Lipinski definition) is 0. The Morgan fingerprint density at radius 1 is 1.23 bits per heavy atom. The van der Waals surface area contributed by atoms with Gasteiger partial charge in [0.15, 0.2) is 0 Å². The molecule has 0 atom stereocenters. The average Bonchev–Trinajstić information content (AvgIpc) is 2.62. The summed E-state index contributed by atoms with van der Waals surface area (Å²) in [7, 11) is 0. The van der Waals surface area contributed by atoms with Gasteiger partial charge in [-0.15, -0.1) is 0 Å². The van der Waals surface area contributed by atoms with Crippen LogP contribution in [0.15, 0.2) is 45.6 Å². The lowest BCUT2D eigenvalue weighted by Crippen LogP contribution is -1.82. The Bertz CT molecular complexity index is 369. The molecule has 2 rings (SSSR count). The maximum Gasteiger partial charge on any atom is 0.399 e. The molecular weight excluding hydrogens is 234 g/mol. The third-order valence-corrected chi connectivity index (χ3v) is 1.96. The summed E-state index contributed by atoms with van der Waals surface area (Å²) in [6.07, 6.45) is 3.25. The fourth-order valence-corrected chi connectivity index (χ4v) is 1.13. The number of ether oxygens (including phenoxy) is 1. The molecule has 0 spiro atoms. The summed E-state index contributed by atoms with van der Waals surface area (Å²) in [4.78, 5) is 3.83. The number of nitrogens with zero attached hydrogens (tertiary/aromatic N) is 1. The van der Waals surface area contributed by atoms with E-state index in [2.05, 4.69) is 20.9 Å². The van der Waals surface area contributed by atoms with Gasteiger partial charge < -0.3 is 9.15 Å². The van der Waals surface area contributed by atoms with Crippen LogP contribution in [0, 0.1) is 0 Å². The molecule has 0 bridgehead atoms. The van der Waals surface area contributed by atoms with Gasteiger partial charge in [0.2, 0.25) is 0 Å².